The summed E-state index contributed by atoms with van der Waals surface area (Å²) in [5.74, 6) is -1.25. The number of ether oxygens (including phenoxy) is 1. The molecule has 3 rings (SSSR count). The van der Waals surface area contributed by atoms with Gasteiger partial charge in [0, 0.05) is 17.9 Å². The first-order valence-corrected chi connectivity index (χ1v) is 8.55. The van der Waals surface area contributed by atoms with E-state index in [-0.39, 0.29) is 22.5 Å². The van der Waals surface area contributed by atoms with Gasteiger partial charge in [-0.05, 0) is 29.8 Å². The van der Waals surface area contributed by atoms with Crippen LogP contribution in [-0.2, 0) is 11.9 Å². The van der Waals surface area contributed by atoms with Crippen LogP contribution in [-0.4, -0.2) is 9.97 Å². The van der Waals surface area contributed by atoms with Gasteiger partial charge < -0.3 is 4.74 Å². The van der Waals surface area contributed by atoms with Crippen molar-refractivity contribution in [3.63, 3.8) is 0 Å². The Kier molecular flexibility index (Phi) is 5.59. The van der Waals surface area contributed by atoms with Gasteiger partial charge in [-0.2, -0.15) is 18.2 Å². The SMILES string of the molecule is Fc1cccc(CSc2nc(Oc3cccc(F)c3)cc(C(F)(F)F)n2)c1. The first-order chi connectivity index (χ1) is 12.8. The Bertz CT molecular complexity index is 949. The minimum Gasteiger partial charge on any atom is -0.439 e. The molecule has 27 heavy (non-hydrogen) atoms. The fourth-order valence-corrected chi connectivity index (χ4v) is 2.88. The van der Waals surface area contributed by atoms with Gasteiger partial charge in [-0.3, -0.25) is 0 Å². The van der Waals surface area contributed by atoms with Crippen molar-refractivity contribution in [1.29, 1.82) is 0 Å². The van der Waals surface area contributed by atoms with Crippen molar-refractivity contribution in [2.75, 3.05) is 0 Å². The molecule has 140 valence electrons. The standard InChI is InChI=1S/C18H11F5N2OS/c19-12-4-1-3-11(7-12)10-27-17-24-15(18(21,22)23)9-16(25-17)26-14-6-2-5-13(20)8-14/h1-9H,10H2. The van der Waals surface area contributed by atoms with Crippen molar-refractivity contribution in [1.82, 2.24) is 9.97 Å². The highest BCUT2D eigenvalue weighted by Gasteiger charge is 2.34. The second kappa shape index (κ2) is 7.91. The molecule has 1 aromatic heterocycles. The van der Waals surface area contributed by atoms with Crippen molar-refractivity contribution < 1.29 is 26.7 Å². The summed E-state index contributed by atoms with van der Waals surface area (Å²) in [7, 11) is 0. The molecule has 0 fully saturated rings. The van der Waals surface area contributed by atoms with Crippen molar-refractivity contribution in [3.8, 4) is 11.6 Å². The summed E-state index contributed by atoms with van der Waals surface area (Å²) in [5, 5.41) is -0.194. The van der Waals surface area contributed by atoms with Gasteiger partial charge in [0.2, 0.25) is 5.88 Å². The zero-order valence-corrected chi connectivity index (χ0v) is 14.3. The van der Waals surface area contributed by atoms with Crippen LogP contribution < -0.4 is 4.74 Å². The minimum absolute atomic E-state index is 0.00269. The van der Waals surface area contributed by atoms with Gasteiger partial charge in [0.05, 0.1) is 0 Å². The second-order valence-electron chi connectivity index (χ2n) is 5.35. The minimum atomic E-state index is -4.71. The van der Waals surface area contributed by atoms with E-state index in [9.17, 15) is 22.0 Å². The molecule has 0 unspecified atom stereocenters. The van der Waals surface area contributed by atoms with Crippen LogP contribution in [0, 0.1) is 11.6 Å². The van der Waals surface area contributed by atoms with Gasteiger partial charge in [0.15, 0.2) is 10.9 Å². The van der Waals surface area contributed by atoms with Gasteiger partial charge in [-0.1, -0.05) is 30.0 Å². The molecule has 3 nitrogen and oxygen atoms in total. The van der Waals surface area contributed by atoms with Crippen LogP contribution in [0.25, 0.3) is 0 Å². The Morgan fingerprint density at radius 2 is 1.59 bits per heavy atom. The first kappa shape index (κ1) is 19.1. The quantitative estimate of drug-likeness (QED) is 0.306. The third-order valence-corrected chi connectivity index (χ3v) is 4.17. The maximum atomic E-state index is 13.2. The van der Waals surface area contributed by atoms with E-state index in [0.29, 0.717) is 11.6 Å². The molecule has 0 aliphatic heterocycles. The summed E-state index contributed by atoms with van der Waals surface area (Å²) in [6.07, 6.45) is -4.71. The zero-order chi connectivity index (χ0) is 19.4. The molecule has 0 bridgehead atoms. The van der Waals surface area contributed by atoms with Crippen molar-refractivity contribution >= 4 is 11.8 Å². The van der Waals surface area contributed by atoms with Crippen LogP contribution in [0.5, 0.6) is 11.6 Å². The number of aromatic nitrogens is 2. The Morgan fingerprint density at radius 3 is 2.26 bits per heavy atom. The number of rotatable bonds is 5. The lowest BCUT2D eigenvalue weighted by molar-refractivity contribution is -0.141. The highest BCUT2D eigenvalue weighted by molar-refractivity contribution is 7.98. The smallest absolute Gasteiger partial charge is 0.433 e. The van der Waals surface area contributed by atoms with Crippen molar-refractivity contribution in [2.45, 2.75) is 17.1 Å². The second-order valence-corrected chi connectivity index (χ2v) is 6.29. The third-order valence-electron chi connectivity index (χ3n) is 3.25. The van der Waals surface area contributed by atoms with Crippen LogP contribution in [0.2, 0.25) is 0 Å². The third kappa shape index (κ3) is 5.40. The van der Waals surface area contributed by atoms with Crippen LogP contribution in [0.15, 0.2) is 59.8 Å². The van der Waals surface area contributed by atoms with E-state index in [2.05, 4.69) is 9.97 Å². The lowest BCUT2D eigenvalue weighted by Crippen LogP contribution is -2.10. The highest BCUT2D eigenvalue weighted by atomic mass is 32.2. The monoisotopic (exact) mass is 398 g/mol. The van der Waals surface area contributed by atoms with E-state index in [1.54, 1.807) is 6.07 Å². The fourth-order valence-electron chi connectivity index (χ4n) is 2.09. The molecule has 1 heterocycles. The zero-order valence-electron chi connectivity index (χ0n) is 13.5. The molecule has 0 saturated heterocycles. The Hall–Kier alpha value is -2.68. The molecular formula is C18H11F5N2OS. The van der Waals surface area contributed by atoms with E-state index >= 15 is 0 Å². The van der Waals surface area contributed by atoms with Crippen molar-refractivity contribution in [2.24, 2.45) is 0 Å². The number of alkyl halides is 3. The van der Waals surface area contributed by atoms with E-state index in [1.807, 2.05) is 0 Å². The Balaban J connectivity index is 1.86. The number of hydrogen-bond donors (Lipinski definition) is 0. The molecule has 0 amide bonds. The predicted molar refractivity (Wildman–Crippen MR) is 89.5 cm³/mol. The number of benzene rings is 2. The molecule has 2 aromatic carbocycles. The summed E-state index contributed by atoms with van der Waals surface area (Å²) in [5.41, 5.74) is -0.626. The molecular weight excluding hydrogens is 387 g/mol. The number of hydrogen-bond acceptors (Lipinski definition) is 4. The largest absolute Gasteiger partial charge is 0.439 e. The normalized spacial score (nSPS) is 11.4. The Labute approximate surface area is 155 Å². The molecule has 0 saturated carbocycles. The predicted octanol–water partition coefficient (Wildman–Crippen LogP) is 5.86. The lowest BCUT2D eigenvalue weighted by atomic mass is 10.2. The maximum absolute atomic E-state index is 13.2. The molecule has 0 aliphatic carbocycles. The van der Waals surface area contributed by atoms with Crippen LogP contribution >= 0.6 is 11.8 Å². The average molecular weight is 398 g/mol. The fraction of sp³-hybridized carbons (Fsp3) is 0.111. The topological polar surface area (TPSA) is 35.0 Å². The summed E-state index contributed by atoms with van der Waals surface area (Å²) in [6.45, 7) is 0. The molecule has 0 N–H and O–H groups in total. The van der Waals surface area contributed by atoms with E-state index in [0.717, 1.165) is 17.8 Å². The van der Waals surface area contributed by atoms with Crippen LogP contribution in [0.3, 0.4) is 0 Å². The number of nitrogens with zero attached hydrogens (tertiary/aromatic N) is 2. The molecule has 9 heteroatoms. The maximum Gasteiger partial charge on any atom is 0.433 e. The van der Waals surface area contributed by atoms with Gasteiger partial charge in [0.25, 0.3) is 0 Å². The molecule has 0 atom stereocenters. The summed E-state index contributed by atoms with van der Waals surface area (Å²) >= 11 is 0.897. The van der Waals surface area contributed by atoms with Gasteiger partial charge in [-0.25, -0.2) is 13.8 Å². The van der Waals surface area contributed by atoms with E-state index in [4.69, 9.17) is 4.74 Å². The molecule has 0 aliphatic rings. The molecule has 0 radical (unpaired) electrons. The van der Waals surface area contributed by atoms with Gasteiger partial charge in [0.1, 0.15) is 17.4 Å². The van der Waals surface area contributed by atoms with Crippen LogP contribution in [0.1, 0.15) is 11.3 Å². The summed E-state index contributed by atoms with van der Waals surface area (Å²) in [4.78, 5) is 7.40. The van der Waals surface area contributed by atoms with Crippen molar-refractivity contribution in [3.05, 3.63) is 77.5 Å². The Morgan fingerprint density at radius 1 is 0.889 bits per heavy atom. The average Bonchev–Trinajstić information content (AvgIpc) is 2.59. The number of thioether (sulfide) groups is 1. The number of halogens is 5. The van der Waals surface area contributed by atoms with Gasteiger partial charge >= 0.3 is 6.18 Å². The highest BCUT2D eigenvalue weighted by Crippen LogP contribution is 2.33. The van der Waals surface area contributed by atoms with E-state index in [1.165, 1.54) is 36.4 Å². The van der Waals surface area contributed by atoms with Crippen LogP contribution in [0.4, 0.5) is 22.0 Å². The lowest BCUT2D eigenvalue weighted by Gasteiger charge is -2.11. The summed E-state index contributed by atoms with van der Waals surface area (Å²) in [6, 6.07) is 11.2. The molecule has 0 spiro atoms. The van der Waals surface area contributed by atoms with E-state index < -0.39 is 23.5 Å². The summed E-state index contributed by atoms with van der Waals surface area (Å²) < 4.78 is 71.0. The molecule has 3 aromatic rings. The van der Waals surface area contributed by atoms with Gasteiger partial charge in [-0.15, -0.1) is 0 Å². The first-order valence-electron chi connectivity index (χ1n) is 7.56.